The molecule has 3 aliphatic rings. The van der Waals surface area contributed by atoms with Gasteiger partial charge in [-0.2, -0.15) is 9.97 Å². The molecule has 1 atom stereocenters. The van der Waals surface area contributed by atoms with E-state index in [9.17, 15) is 9.59 Å². The lowest BCUT2D eigenvalue weighted by atomic mass is 10.0. The predicted molar refractivity (Wildman–Crippen MR) is 174 cm³/mol. The number of amides is 1. The van der Waals surface area contributed by atoms with Crippen molar-refractivity contribution in [3.05, 3.63) is 64.8 Å². The van der Waals surface area contributed by atoms with Crippen molar-refractivity contribution in [3.63, 3.8) is 0 Å². The van der Waals surface area contributed by atoms with Crippen LogP contribution in [-0.2, 0) is 27.3 Å². The van der Waals surface area contributed by atoms with Gasteiger partial charge in [-0.15, -0.1) is 0 Å². The molecule has 234 valence electrons. The third-order valence-corrected chi connectivity index (χ3v) is 8.94. The lowest BCUT2D eigenvalue weighted by molar-refractivity contribution is -0.135. The zero-order valence-electron chi connectivity index (χ0n) is 26.0. The van der Waals surface area contributed by atoms with Gasteiger partial charge in [0.15, 0.2) is 0 Å². The maximum Gasteiger partial charge on any atom is 0.330 e. The Morgan fingerprint density at radius 2 is 1.77 bits per heavy atom. The molecule has 3 aromatic rings. The van der Waals surface area contributed by atoms with Crippen molar-refractivity contribution in [1.82, 2.24) is 19.8 Å². The Hall–Kier alpha value is -3.89. The second-order valence-electron chi connectivity index (χ2n) is 11.5. The molecule has 10 nitrogen and oxygen atoms in total. The van der Waals surface area contributed by atoms with E-state index in [1.165, 1.54) is 39.1 Å². The van der Waals surface area contributed by atoms with Gasteiger partial charge in [-0.3, -0.25) is 4.79 Å². The van der Waals surface area contributed by atoms with Crippen molar-refractivity contribution in [3.8, 4) is 6.01 Å². The number of methoxy groups -OCH3 is 2. The van der Waals surface area contributed by atoms with E-state index < -0.39 is 5.97 Å². The molecular weight excluding hydrogens is 580 g/mol. The molecule has 0 spiro atoms. The van der Waals surface area contributed by atoms with Gasteiger partial charge in [-0.25, -0.2) is 4.79 Å². The molecule has 2 aromatic carbocycles. The van der Waals surface area contributed by atoms with Crippen molar-refractivity contribution < 1.29 is 19.1 Å². The monoisotopic (exact) mass is 620 g/mol. The first-order valence-corrected chi connectivity index (χ1v) is 15.5. The van der Waals surface area contributed by atoms with Crippen molar-refractivity contribution in [1.29, 1.82) is 0 Å². The van der Waals surface area contributed by atoms with Gasteiger partial charge in [-0.1, -0.05) is 35.9 Å². The summed E-state index contributed by atoms with van der Waals surface area (Å²) in [5, 5.41) is 2.87. The van der Waals surface area contributed by atoms with Crippen LogP contribution in [-0.4, -0.2) is 98.7 Å². The minimum atomic E-state index is -0.550. The van der Waals surface area contributed by atoms with E-state index in [-0.39, 0.29) is 11.9 Å². The summed E-state index contributed by atoms with van der Waals surface area (Å²) in [6.07, 6.45) is 6.79. The molecule has 3 aliphatic heterocycles. The van der Waals surface area contributed by atoms with Crippen LogP contribution in [0.15, 0.2) is 48.6 Å². The summed E-state index contributed by atoms with van der Waals surface area (Å²) in [6, 6.07) is 12.6. The molecule has 0 bridgehead atoms. The zero-order chi connectivity index (χ0) is 31.2. The van der Waals surface area contributed by atoms with E-state index in [4.69, 9.17) is 26.3 Å². The Labute approximate surface area is 264 Å². The molecule has 1 amide bonds. The Balaban J connectivity index is 0.000000573. The number of esters is 1. The van der Waals surface area contributed by atoms with Crippen molar-refractivity contribution in [2.24, 2.45) is 0 Å². The fourth-order valence-corrected chi connectivity index (χ4v) is 6.41. The number of anilines is 2. The van der Waals surface area contributed by atoms with Crippen LogP contribution < -0.4 is 14.5 Å². The number of likely N-dealkylation sites (N-methyl/N-ethyl adjacent to an activating group) is 1. The van der Waals surface area contributed by atoms with Crippen molar-refractivity contribution in [2.45, 2.75) is 38.3 Å². The van der Waals surface area contributed by atoms with E-state index in [1.807, 2.05) is 19.2 Å². The third kappa shape index (κ3) is 7.08. The van der Waals surface area contributed by atoms with Crippen LogP contribution >= 0.6 is 11.6 Å². The molecule has 1 aromatic heterocycles. The second kappa shape index (κ2) is 14.3. The number of hydrogen-bond acceptors (Lipinski definition) is 9. The Morgan fingerprint density at radius 1 is 1.02 bits per heavy atom. The highest BCUT2D eigenvalue weighted by molar-refractivity contribution is 6.36. The summed E-state index contributed by atoms with van der Waals surface area (Å²) in [6.45, 7) is 5.16. The number of fused-ring (bicyclic) bond motifs is 2. The highest BCUT2D eigenvalue weighted by Gasteiger charge is 2.32. The second-order valence-corrected chi connectivity index (χ2v) is 11.9. The number of benzene rings is 2. The molecular formula is C33H41ClN6O4. The fraction of sp³-hybridized carbons (Fsp3) is 0.455. The lowest BCUT2D eigenvalue weighted by Gasteiger charge is -2.34. The number of rotatable bonds is 6. The van der Waals surface area contributed by atoms with Crippen LogP contribution in [0, 0.1) is 0 Å². The molecule has 2 fully saturated rings. The van der Waals surface area contributed by atoms with Gasteiger partial charge in [0.05, 0.1) is 31.5 Å². The minimum Gasteiger partial charge on any atom is -0.467 e. The smallest absolute Gasteiger partial charge is 0.330 e. The normalized spacial score (nSPS) is 18.2. The third-order valence-electron chi connectivity index (χ3n) is 8.63. The van der Waals surface area contributed by atoms with E-state index in [0.717, 1.165) is 64.0 Å². The molecule has 0 N–H and O–H groups in total. The van der Waals surface area contributed by atoms with Crippen LogP contribution in [0.4, 0.5) is 11.5 Å². The topological polar surface area (TPSA) is 91.3 Å². The largest absolute Gasteiger partial charge is 0.467 e. The highest BCUT2D eigenvalue weighted by Crippen LogP contribution is 2.37. The lowest BCUT2D eigenvalue weighted by Crippen LogP contribution is -2.39. The molecule has 0 radical (unpaired) electrons. The number of hydrogen-bond donors (Lipinski definition) is 0. The van der Waals surface area contributed by atoms with Crippen LogP contribution in [0.5, 0.6) is 6.01 Å². The Morgan fingerprint density at radius 3 is 2.45 bits per heavy atom. The predicted octanol–water partition coefficient (Wildman–Crippen LogP) is 4.33. The van der Waals surface area contributed by atoms with Gasteiger partial charge < -0.3 is 29.1 Å². The number of carbonyl (C=O) groups is 2. The zero-order valence-corrected chi connectivity index (χ0v) is 26.7. The maximum absolute atomic E-state index is 12.5. The van der Waals surface area contributed by atoms with Gasteiger partial charge in [0.1, 0.15) is 5.82 Å². The highest BCUT2D eigenvalue weighted by atomic mass is 35.5. The van der Waals surface area contributed by atoms with Crippen LogP contribution in [0.3, 0.4) is 0 Å². The first kappa shape index (κ1) is 31.5. The number of carbonyl (C=O) groups excluding carboxylic acids is 2. The van der Waals surface area contributed by atoms with E-state index in [2.05, 4.69) is 50.7 Å². The summed E-state index contributed by atoms with van der Waals surface area (Å²) in [4.78, 5) is 41.9. The van der Waals surface area contributed by atoms with E-state index in [1.54, 1.807) is 12.0 Å². The van der Waals surface area contributed by atoms with Crippen LogP contribution in [0.1, 0.15) is 30.5 Å². The molecule has 11 heteroatoms. The van der Waals surface area contributed by atoms with Crippen molar-refractivity contribution >= 4 is 45.8 Å². The van der Waals surface area contributed by atoms with Crippen LogP contribution in [0.2, 0.25) is 5.02 Å². The first-order valence-electron chi connectivity index (χ1n) is 15.1. The van der Waals surface area contributed by atoms with Crippen molar-refractivity contribution in [2.75, 3.05) is 70.8 Å². The fourth-order valence-electron chi connectivity index (χ4n) is 6.14. The number of likely N-dealkylation sites (tertiary alicyclic amines) is 2. The summed E-state index contributed by atoms with van der Waals surface area (Å²) in [5.74, 6) is 0.0654. The summed E-state index contributed by atoms with van der Waals surface area (Å²) >= 11 is 6.61. The van der Waals surface area contributed by atoms with E-state index in [0.29, 0.717) is 25.6 Å². The number of ether oxygens (including phenoxy) is 2. The first-order chi connectivity index (χ1) is 21.3. The maximum atomic E-state index is 12.5. The van der Waals surface area contributed by atoms with Crippen LogP contribution in [0.25, 0.3) is 10.8 Å². The minimum absolute atomic E-state index is 0.0732. The SMILES string of the molecule is CN1CCCC1.COC(=O)/C=C\C(=O)N1CCC(N(C)c2nc(OC)nc3c2CCN(c2cccc4cccc(Cl)c24)C3)C1. The van der Waals surface area contributed by atoms with Gasteiger partial charge >= 0.3 is 12.0 Å². The molecule has 1 unspecified atom stereocenters. The Kier molecular flexibility index (Phi) is 10.2. The molecule has 0 aliphatic carbocycles. The average Bonchev–Trinajstić information content (AvgIpc) is 3.74. The molecule has 6 rings (SSSR count). The Bertz CT molecular complexity index is 1520. The number of nitrogens with zero attached hydrogens (tertiary/aromatic N) is 6. The quantitative estimate of drug-likeness (QED) is 0.295. The summed E-state index contributed by atoms with van der Waals surface area (Å²) in [5.41, 5.74) is 3.09. The molecule has 4 heterocycles. The van der Waals surface area contributed by atoms with E-state index >= 15 is 0 Å². The molecule has 2 saturated heterocycles. The summed E-state index contributed by atoms with van der Waals surface area (Å²) in [7, 11) is 7.03. The number of halogens is 1. The molecule has 0 saturated carbocycles. The molecule has 44 heavy (non-hydrogen) atoms. The van der Waals surface area contributed by atoms with Gasteiger partial charge in [0.2, 0.25) is 5.91 Å². The van der Waals surface area contributed by atoms with Gasteiger partial charge in [-0.05, 0) is 63.3 Å². The summed E-state index contributed by atoms with van der Waals surface area (Å²) < 4.78 is 10.1. The average molecular weight is 621 g/mol. The van der Waals surface area contributed by atoms with Gasteiger partial charge in [0.25, 0.3) is 0 Å². The standard InChI is InChI=1S/C28H30ClN5O4.C5H11N/c1-32(19-12-14-34(16-19)24(35)10-11-25(36)37-2)27-20-13-15-33(17-22(20)30-28(31-27)38-3)23-9-5-7-18-6-4-8-21(29)26(18)23;1-6-4-2-3-5-6/h4-11,19H,12-17H2,1-3H3;2-5H2,1H3/b11-10-;. The van der Waals surface area contributed by atoms with Gasteiger partial charge in [0, 0.05) is 61.5 Å². The number of aromatic nitrogens is 2.